The molecular weight excluding hydrogens is 366 g/mol. The van der Waals surface area contributed by atoms with Crippen LogP contribution in [0.15, 0.2) is 29.1 Å². The smallest absolute Gasteiger partial charge is 0.329 e. The minimum Gasteiger partial charge on any atom is -0.340 e. The molecule has 8 heteroatoms. The van der Waals surface area contributed by atoms with Crippen molar-refractivity contribution in [1.29, 1.82) is 0 Å². The minimum absolute atomic E-state index is 0. The molecule has 1 aromatic carbocycles. The predicted molar refractivity (Wildman–Crippen MR) is 109 cm³/mol. The first-order valence-electron chi connectivity index (χ1n) is 9.59. The van der Waals surface area contributed by atoms with Crippen molar-refractivity contribution in [3.63, 3.8) is 0 Å². The van der Waals surface area contributed by atoms with Crippen LogP contribution in [0.1, 0.15) is 13.3 Å². The van der Waals surface area contributed by atoms with Crippen LogP contribution in [-0.2, 0) is 17.9 Å². The summed E-state index contributed by atoms with van der Waals surface area (Å²) in [6, 6.07) is 8.16. The quantitative estimate of drug-likeness (QED) is 0.832. The summed E-state index contributed by atoms with van der Waals surface area (Å²) in [5.74, 6) is 0.0451. The molecule has 1 atom stereocenters. The number of hydrogen-bond donors (Lipinski definition) is 1. The van der Waals surface area contributed by atoms with Gasteiger partial charge in [0.2, 0.25) is 5.91 Å². The zero-order chi connectivity index (χ0) is 18.1. The number of nitrogens with zero attached hydrogens (tertiary/aromatic N) is 4. The summed E-state index contributed by atoms with van der Waals surface area (Å²) >= 11 is 0. The van der Waals surface area contributed by atoms with Gasteiger partial charge < -0.3 is 10.2 Å². The van der Waals surface area contributed by atoms with Crippen LogP contribution in [0.5, 0.6) is 0 Å². The molecule has 0 aliphatic carbocycles. The number of aromatic nitrogens is 2. The summed E-state index contributed by atoms with van der Waals surface area (Å²) in [5.41, 5.74) is 1.64. The van der Waals surface area contributed by atoms with Crippen LogP contribution in [0.25, 0.3) is 11.0 Å². The second-order valence-electron chi connectivity index (χ2n) is 7.17. The fraction of sp³-hybridized carbons (Fsp3) is 0.579. The van der Waals surface area contributed by atoms with Crippen molar-refractivity contribution < 1.29 is 4.79 Å². The number of aryl methyl sites for hydroxylation is 1. The summed E-state index contributed by atoms with van der Waals surface area (Å²) in [7, 11) is 0. The molecule has 2 fully saturated rings. The number of hydrogen-bond acceptors (Lipinski definition) is 4. The Morgan fingerprint density at radius 2 is 1.78 bits per heavy atom. The molecule has 0 radical (unpaired) electrons. The lowest BCUT2D eigenvalue weighted by atomic mass is 10.2. The van der Waals surface area contributed by atoms with E-state index in [0.29, 0.717) is 12.6 Å². The van der Waals surface area contributed by atoms with E-state index >= 15 is 0 Å². The molecule has 4 rings (SSSR count). The highest BCUT2D eigenvalue weighted by Crippen LogP contribution is 2.18. The SMILES string of the molecule is CCn1c(=O)n(CC(=O)N2CCC(N3CCNCC3)C2)c2ccccc21.Cl. The molecule has 148 valence electrons. The fourth-order valence-electron chi connectivity index (χ4n) is 4.28. The Morgan fingerprint density at radius 1 is 1.11 bits per heavy atom. The van der Waals surface area contributed by atoms with Crippen molar-refractivity contribution in [1.82, 2.24) is 24.3 Å². The Bertz CT molecular complexity index is 855. The normalized spacial score (nSPS) is 20.8. The van der Waals surface area contributed by atoms with E-state index in [1.54, 1.807) is 9.13 Å². The van der Waals surface area contributed by atoms with Crippen LogP contribution < -0.4 is 11.0 Å². The first-order chi connectivity index (χ1) is 12.7. The maximum Gasteiger partial charge on any atom is 0.329 e. The Labute approximate surface area is 165 Å². The third kappa shape index (κ3) is 3.77. The number of nitrogens with one attached hydrogen (secondary N) is 1. The number of rotatable bonds is 4. The number of piperazine rings is 1. The van der Waals surface area contributed by atoms with Gasteiger partial charge in [-0.15, -0.1) is 12.4 Å². The molecule has 7 nitrogen and oxygen atoms in total. The molecule has 27 heavy (non-hydrogen) atoms. The molecule has 2 saturated heterocycles. The summed E-state index contributed by atoms with van der Waals surface area (Å²) in [6.45, 7) is 8.40. The van der Waals surface area contributed by atoms with Gasteiger partial charge in [0.05, 0.1) is 11.0 Å². The number of imidazole rings is 1. The lowest BCUT2D eigenvalue weighted by Crippen LogP contribution is -2.49. The van der Waals surface area contributed by atoms with Crippen molar-refractivity contribution in [3.8, 4) is 0 Å². The highest BCUT2D eigenvalue weighted by Gasteiger charge is 2.31. The largest absolute Gasteiger partial charge is 0.340 e. The van der Waals surface area contributed by atoms with Gasteiger partial charge >= 0.3 is 5.69 Å². The molecule has 2 aliphatic heterocycles. The van der Waals surface area contributed by atoms with Gasteiger partial charge in [-0.05, 0) is 25.5 Å². The molecule has 0 saturated carbocycles. The fourth-order valence-corrected chi connectivity index (χ4v) is 4.28. The van der Waals surface area contributed by atoms with E-state index in [-0.39, 0.29) is 30.5 Å². The number of amides is 1. The van der Waals surface area contributed by atoms with Crippen molar-refractivity contribution in [2.75, 3.05) is 39.3 Å². The van der Waals surface area contributed by atoms with Crippen LogP contribution in [0, 0.1) is 0 Å². The highest BCUT2D eigenvalue weighted by molar-refractivity contribution is 5.85. The number of carbonyl (C=O) groups excluding carboxylic acids is 1. The van der Waals surface area contributed by atoms with Gasteiger partial charge in [-0.1, -0.05) is 12.1 Å². The first kappa shape index (κ1) is 19.9. The van der Waals surface area contributed by atoms with Gasteiger partial charge in [0.1, 0.15) is 6.54 Å². The third-order valence-corrected chi connectivity index (χ3v) is 5.72. The Kier molecular flexibility index (Phi) is 6.24. The number of carbonyl (C=O) groups is 1. The maximum absolute atomic E-state index is 12.9. The van der Waals surface area contributed by atoms with Gasteiger partial charge in [-0.2, -0.15) is 0 Å². The van der Waals surface area contributed by atoms with Crippen molar-refractivity contribution >= 4 is 29.3 Å². The number of halogens is 1. The van der Waals surface area contributed by atoms with Gasteiger partial charge in [0.25, 0.3) is 0 Å². The Balaban J connectivity index is 0.00000210. The molecular formula is C19H28ClN5O2. The van der Waals surface area contributed by atoms with Gasteiger partial charge in [0, 0.05) is 51.9 Å². The molecule has 1 unspecified atom stereocenters. The molecule has 1 aromatic heterocycles. The monoisotopic (exact) mass is 393 g/mol. The van der Waals surface area contributed by atoms with Crippen LogP contribution >= 0.6 is 12.4 Å². The van der Waals surface area contributed by atoms with E-state index in [1.807, 2.05) is 36.1 Å². The van der Waals surface area contributed by atoms with E-state index in [9.17, 15) is 9.59 Å². The first-order valence-corrected chi connectivity index (χ1v) is 9.59. The zero-order valence-corrected chi connectivity index (χ0v) is 16.6. The summed E-state index contributed by atoms with van der Waals surface area (Å²) < 4.78 is 3.36. The Hall–Kier alpha value is -1.83. The molecule has 1 amide bonds. The van der Waals surface area contributed by atoms with Crippen LogP contribution in [0.2, 0.25) is 0 Å². The van der Waals surface area contributed by atoms with E-state index in [0.717, 1.165) is 56.7 Å². The standard InChI is InChI=1S/C19H27N5O2.ClH/c1-2-23-16-5-3-4-6-17(16)24(19(23)26)14-18(25)22-10-7-15(13-22)21-11-8-20-9-12-21;/h3-6,15,20H,2,7-14H2,1H3;1H. The molecule has 1 N–H and O–H groups in total. The number of likely N-dealkylation sites (tertiary alicyclic amines) is 1. The van der Waals surface area contributed by atoms with Crippen LogP contribution in [0.3, 0.4) is 0 Å². The van der Waals surface area contributed by atoms with Crippen LogP contribution in [0.4, 0.5) is 0 Å². The van der Waals surface area contributed by atoms with E-state index in [1.165, 1.54) is 0 Å². The van der Waals surface area contributed by atoms with Crippen molar-refractivity contribution in [3.05, 3.63) is 34.7 Å². The van der Waals surface area contributed by atoms with Gasteiger partial charge in [-0.3, -0.25) is 18.8 Å². The van der Waals surface area contributed by atoms with E-state index in [4.69, 9.17) is 0 Å². The van der Waals surface area contributed by atoms with E-state index < -0.39 is 0 Å². The third-order valence-electron chi connectivity index (χ3n) is 5.72. The van der Waals surface area contributed by atoms with Crippen LogP contribution in [-0.4, -0.2) is 70.2 Å². The van der Waals surface area contributed by atoms with Gasteiger partial charge in [-0.25, -0.2) is 4.79 Å². The summed E-state index contributed by atoms with van der Waals surface area (Å²) in [6.07, 6.45) is 1.03. The highest BCUT2D eigenvalue weighted by atomic mass is 35.5. The zero-order valence-electron chi connectivity index (χ0n) is 15.8. The van der Waals surface area contributed by atoms with Gasteiger partial charge in [0.15, 0.2) is 0 Å². The second kappa shape index (κ2) is 8.46. The lowest BCUT2D eigenvalue weighted by Gasteiger charge is -2.32. The predicted octanol–water partition coefficient (Wildman–Crippen LogP) is 0.751. The maximum atomic E-state index is 12.9. The topological polar surface area (TPSA) is 62.5 Å². The average Bonchev–Trinajstić information content (AvgIpc) is 3.27. The van der Waals surface area contributed by atoms with E-state index in [2.05, 4.69) is 10.2 Å². The number of benzene rings is 1. The molecule has 3 heterocycles. The van der Waals surface area contributed by atoms with Crippen molar-refractivity contribution in [2.45, 2.75) is 32.5 Å². The molecule has 2 aromatic rings. The number of fused-ring (bicyclic) bond motifs is 1. The molecule has 0 spiro atoms. The lowest BCUT2D eigenvalue weighted by molar-refractivity contribution is -0.131. The average molecular weight is 394 g/mol. The summed E-state index contributed by atoms with van der Waals surface area (Å²) in [4.78, 5) is 30.0. The second-order valence-corrected chi connectivity index (χ2v) is 7.17. The Morgan fingerprint density at radius 3 is 2.44 bits per heavy atom. The summed E-state index contributed by atoms with van der Waals surface area (Å²) in [5, 5.41) is 3.37. The van der Waals surface area contributed by atoms with Crippen molar-refractivity contribution in [2.24, 2.45) is 0 Å². The minimum atomic E-state index is -0.0973. The molecule has 2 aliphatic rings. The molecule has 0 bridgehead atoms. The number of para-hydroxylation sites is 2.